The van der Waals surface area contributed by atoms with Crippen LogP contribution in [0.5, 0.6) is 0 Å². The lowest BCUT2D eigenvalue weighted by atomic mass is 9.81. The van der Waals surface area contributed by atoms with Crippen LogP contribution in [0.25, 0.3) is 0 Å². The molecular formula is C30H44N4O4. The number of carbonyl (C=O) groups is 2. The number of carbonyl (C=O) groups excluding carboxylic acids is 2. The topological polar surface area (TPSA) is 108 Å². The molecule has 1 aliphatic rings. The van der Waals surface area contributed by atoms with E-state index in [1.807, 2.05) is 49.1 Å². The molecule has 0 saturated carbocycles. The summed E-state index contributed by atoms with van der Waals surface area (Å²) >= 11 is 0. The molecule has 3 rings (SSSR count). The Bertz CT molecular complexity index is 1000. The van der Waals surface area contributed by atoms with Gasteiger partial charge in [0, 0.05) is 62.9 Å². The Morgan fingerprint density at radius 1 is 1.03 bits per heavy atom. The summed E-state index contributed by atoms with van der Waals surface area (Å²) in [5.41, 5.74) is 8.12. The van der Waals surface area contributed by atoms with E-state index in [0.717, 1.165) is 57.8 Å². The molecule has 0 aromatic heterocycles. The summed E-state index contributed by atoms with van der Waals surface area (Å²) in [4.78, 5) is 30.6. The lowest BCUT2D eigenvalue weighted by Gasteiger charge is -2.30. The van der Waals surface area contributed by atoms with Crippen LogP contribution in [-0.2, 0) is 11.2 Å². The second-order valence-electron chi connectivity index (χ2n) is 9.94. The Balaban J connectivity index is 1.92. The predicted molar refractivity (Wildman–Crippen MR) is 150 cm³/mol. The summed E-state index contributed by atoms with van der Waals surface area (Å²) in [6.07, 6.45) is 1.30. The fourth-order valence-electron chi connectivity index (χ4n) is 5.14. The Morgan fingerprint density at radius 2 is 1.68 bits per heavy atom. The van der Waals surface area contributed by atoms with Gasteiger partial charge in [0.25, 0.3) is 5.91 Å². The Kier molecular flexibility index (Phi) is 12.2. The highest BCUT2D eigenvalue weighted by atomic mass is 16.5. The number of nitrogens with one attached hydrogen (secondary N) is 1. The van der Waals surface area contributed by atoms with Gasteiger partial charge in [-0.2, -0.15) is 0 Å². The first-order valence-corrected chi connectivity index (χ1v) is 13.9. The van der Waals surface area contributed by atoms with Gasteiger partial charge in [0.2, 0.25) is 5.91 Å². The smallest absolute Gasteiger partial charge is 0.254 e. The molecule has 2 atom stereocenters. The van der Waals surface area contributed by atoms with Gasteiger partial charge in [0.1, 0.15) is 0 Å². The van der Waals surface area contributed by atoms with Crippen LogP contribution in [0.2, 0.25) is 0 Å². The second-order valence-corrected chi connectivity index (χ2v) is 9.94. The van der Waals surface area contributed by atoms with E-state index >= 15 is 0 Å². The van der Waals surface area contributed by atoms with Gasteiger partial charge < -0.3 is 25.8 Å². The Morgan fingerprint density at radius 3 is 2.32 bits per heavy atom. The maximum Gasteiger partial charge on any atom is 0.254 e. The minimum absolute atomic E-state index is 0.127. The fraction of sp³-hybridized carbons (Fsp3) is 0.533. The first kappa shape index (κ1) is 29.8. The Labute approximate surface area is 227 Å². The van der Waals surface area contributed by atoms with Gasteiger partial charge in [-0.1, -0.05) is 50.2 Å². The van der Waals surface area contributed by atoms with Crippen LogP contribution in [0, 0.1) is 0 Å². The summed E-state index contributed by atoms with van der Waals surface area (Å²) in [5.74, 6) is -1.23. The highest BCUT2D eigenvalue weighted by Crippen LogP contribution is 2.32. The van der Waals surface area contributed by atoms with Crippen LogP contribution in [0.4, 0.5) is 0 Å². The third kappa shape index (κ3) is 8.36. The van der Waals surface area contributed by atoms with E-state index in [1.165, 1.54) is 0 Å². The van der Waals surface area contributed by atoms with E-state index in [1.54, 1.807) is 18.2 Å². The number of ether oxygens (including phenoxy) is 1. The zero-order chi connectivity index (χ0) is 27.3. The SMILES string of the molecule is CCCN(CCC)C(=O)c1cccc(C(N)=O)c1[C@H](Cc1ccccc1)[C@@H](O)CNCCN1CCOCC1. The fourth-order valence-corrected chi connectivity index (χ4v) is 5.14. The molecule has 2 amide bonds. The number of nitrogens with zero attached hydrogens (tertiary/aromatic N) is 2. The number of amides is 2. The molecule has 0 bridgehead atoms. The van der Waals surface area contributed by atoms with E-state index < -0.39 is 17.9 Å². The normalized spacial score (nSPS) is 15.7. The standard InChI is InChI=1S/C30H44N4O4/c1-3-14-34(15-4-2)30(37)25-12-8-11-24(29(31)36)28(25)26(21-23-9-6-5-7-10-23)27(35)22-32-13-16-33-17-19-38-20-18-33/h5-12,26-27,32,35H,3-4,13-22H2,1-2H3,(H2,31,36)/t26-,27+/m1/s1. The monoisotopic (exact) mass is 524 g/mol. The van der Waals surface area contributed by atoms with Crippen LogP contribution in [0.3, 0.4) is 0 Å². The summed E-state index contributed by atoms with van der Waals surface area (Å²) in [6.45, 7) is 10.6. The zero-order valence-electron chi connectivity index (χ0n) is 22.9. The number of hydrogen-bond acceptors (Lipinski definition) is 6. The van der Waals surface area contributed by atoms with Crippen LogP contribution in [0.1, 0.15) is 64.4 Å². The molecule has 0 radical (unpaired) electrons. The molecule has 1 heterocycles. The van der Waals surface area contributed by atoms with E-state index in [0.29, 0.717) is 37.2 Å². The molecule has 2 aromatic rings. The number of hydrogen-bond donors (Lipinski definition) is 3. The van der Waals surface area contributed by atoms with Gasteiger partial charge in [-0.3, -0.25) is 14.5 Å². The lowest BCUT2D eigenvalue weighted by molar-refractivity contribution is 0.0378. The zero-order valence-corrected chi connectivity index (χ0v) is 22.9. The van der Waals surface area contributed by atoms with Gasteiger partial charge in [-0.15, -0.1) is 0 Å². The lowest BCUT2D eigenvalue weighted by Crippen LogP contribution is -2.42. The van der Waals surface area contributed by atoms with Gasteiger partial charge >= 0.3 is 0 Å². The van der Waals surface area contributed by atoms with Crippen molar-refractivity contribution in [3.63, 3.8) is 0 Å². The number of morpholine rings is 1. The molecular weight excluding hydrogens is 480 g/mol. The minimum Gasteiger partial charge on any atom is -0.391 e. The molecule has 38 heavy (non-hydrogen) atoms. The number of aliphatic hydroxyl groups excluding tert-OH is 1. The largest absolute Gasteiger partial charge is 0.391 e. The van der Waals surface area contributed by atoms with Gasteiger partial charge in [0.05, 0.1) is 19.3 Å². The van der Waals surface area contributed by atoms with E-state index in [-0.39, 0.29) is 11.5 Å². The van der Waals surface area contributed by atoms with Crippen molar-refractivity contribution in [2.24, 2.45) is 5.73 Å². The van der Waals surface area contributed by atoms with Crippen molar-refractivity contribution < 1.29 is 19.4 Å². The molecule has 0 unspecified atom stereocenters. The molecule has 4 N–H and O–H groups in total. The molecule has 0 aliphatic carbocycles. The molecule has 8 nitrogen and oxygen atoms in total. The van der Waals surface area contributed by atoms with Crippen molar-refractivity contribution in [1.29, 1.82) is 0 Å². The van der Waals surface area contributed by atoms with Gasteiger partial charge in [-0.25, -0.2) is 0 Å². The van der Waals surface area contributed by atoms with Crippen LogP contribution in [-0.4, -0.2) is 91.9 Å². The van der Waals surface area contributed by atoms with Crippen molar-refractivity contribution in [3.8, 4) is 0 Å². The highest BCUT2D eigenvalue weighted by Gasteiger charge is 2.31. The minimum atomic E-state index is -0.835. The number of primary amides is 1. The van der Waals surface area contributed by atoms with Crippen molar-refractivity contribution in [3.05, 3.63) is 70.8 Å². The van der Waals surface area contributed by atoms with Crippen molar-refractivity contribution >= 4 is 11.8 Å². The summed E-state index contributed by atoms with van der Waals surface area (Å²) in [5, 5.41) is 14.9. The second kappa shape index (κ2) is 15.6. The number of aliphatic hydroxyl groups is 1. The average molecular weight is 525 g/mol. The molecule has 1 fully saturated rings. The maximum atomic E-state index is 13.8. The van der Waals surface area contributed by atoms with Crippen LogP contribution >= 0.6 is 0 Å². The highest BCUT2D eigenvalue weighted by molar-refractivity contribution is 6.02. The van der Waals surface area contributed by atoms with Crippen molar-refractivity contribution in [1.82, 2.24) is 15.1 Å². The summed E-state index contributed by atoms with van der Waals surface area (Å²) in [6, 6.07) is 15.0. The number of nitrogens with two attached hydrogens (primary N) is 1. The number of rotatable bonds is 15. The quantitative estimate of drug-likeness (QED) is 0.309. The van der Waals surface area contributed by atoms with Gasteiger partial charge in [0.15, 0.2) is 0 Å². The van der Waals surface area contributed by atoms with Crippen LogP contribution in [0.15, 0.2) is 48.5 Å². The van der Waals surface area contributed by atoms with E-state index in [2.05, 4.69) is 10.2 Å². The molecule has 0 spiro atoms. The third-order valence-corrected chi connectivity index (χ3v) is 7.07. The predicted octanol–water partition coefficient (Wildman–Crippen LogP) is 2.66. The van der Waals surface area contributed by atoms with Crippen molar-refractivity contribution in [2.75, 3.05) is 59.0 Å². The van der Waals surface area contributed by atoms with E-state index in [4.69, 9.17) is 10.5 Å². The summed E-state index contributed by atoms with van der Waals surface area (Å²) in [7, 11) is 0. The molecule has 208 valence electrons. The molecule has 2 aromatic carbocycles. The van der Waals surface area contributed by atoms with Gasteiger partial charge in [-0.05, 0) is 42.5 Å². The molecule has 1 aliphatic heterocycles. The Hall–Kier alpha value is -2.78. The summed E-state index contributed by atoms with van der Waals surface area (Å²) < 4.78 is 5.42. The average Bonchev–Trinajstić information content (AvgIpc) is 2.94. The first-order chi connectivity index (χ1) is 18.5. The van der Waals surface area contributed by atoms with E-state index in [9.17, 15) is 14.7 Å². The maximum absolute atomic E-state index is 13.8. The first-order valence-electron chi connectivity index (χ1n) is 13.9. The van der Waals surface area contributed by atoms with Crippen molar-refractivity contribution in [2.45, 2.75) is 45.1 Å². The van der Waals surface area contributed by atoms with Crippen LogP contribution < -0.4 is 11.1 Å². The number of benzene rings is 2. The third-order valence-electron chi connectivity index (χ3n) is 7.07. The molecule has 1 saturated heterocycles. The molecule has 8 heteroatoms.